The van der Waals surface area contributed by atoms with Crippen LogP contribution in [-0.4, -0.2) is 19.5 Å². The summed E-state index contributed by atoms with van der Waals surface area (Å²) in [6, 6.07) is 54.9. The molecule has 0 spiro atoms. The number of nitrogens with zero attached hydrogens (tertiary/aromatic N) is 4. The number of aromatic nitrogens is 4. The molecule has 0 saturated carbocycles. The molecule has 5 nitrogen and oxygen atoms in total. The zero-order valence-electron chi connectivity index (χ0n) is 27.1. The Balaban J connectivity index is 1.08. The van der Waals surface area contributed by atoms with Gasteiger partial charge in [-0.15, -0.1) is 11.3 Å². The Morgan fingerprint density at radius 1 is 0.431 bits per heavy atom. The van der Waals surface area contributed by atoms with Gasteiger partial charge in [0.2, 0.25) is 0 Å². The Labute approximate surface area is 295 Å². The van der Waals surface area contributed by atoms with Crippen LogP contribution in [0.1, 0.15) is 0 Å². The minimum Gasteiger partial charge on any atom is -0.455 e. The summed E-state index contributed by atoms with van der Waals surface area (Å²) >= 11 is 1.79. The third-order valence-corrected chi connectivity index (χ3v) is 11.0. The number of fused-ring (bicyclic) bond motifs is 10. The SMILES string of the molecule is c1ccc(-c2nc(-c3ccccc3)nc(-c3ccc4c(c3)sc3ccc(-n5c6ccccc6c6c7oc8ccccc8c7ccc65)cc34)n2)cc1. The predicted molar refractivity (Wildman–Crippen MR) is 211 cm³/mol. The monoisotopic (exact) mass is 670 g/mol. The molecule has 0 amide bonds. The van der Waals surface area contributed by atoms with Crippen LogP contribution in [0.5, 0.6) is 0 Å². The van der Waals surface area contributed by atoms with Crippen molar-refractivity contribution < 1.29 is 4.42 Å². The normalized spacial score (nSPS) is 11.9. The Morgan fingerprint density at radius 3 is 1.84 bits per heavy atom. The summed E-state index contributed by atoms with van der Waals surface area (Å²) in [5.74, 6) is 1.98. The van der Waals surface area contributed by atoms with Gasteiger partial charge in [-0.3, -0.25) is 0 Å². The minimum atomic E-state index is 0.657. The Kier molecular flexibility index (Phi) is 6.05. The highest BCUT2D eigenvalue weighted by Crippen LogP contribution is 2.42. The van der Waals surface area contributed by atoms with Crippen molar-refractivity contribution >= 4 is 75.3 Å². The Hall–Kier alpha value is -6.63. The summed E-state index contributed by atoms with van der Waals surface area (Å²) in [7, 11) is 0. The fourth-order valence-corrected chi connectivity index (χ4v) is 8.62. The van der Waals surface area contributed by atoms with Crippen LogP contribution in [-0.2, 0) is 0 Å². The quantitative estimate of drug-likeness (QED) is 0.187. The highest BCUT2D eigenvalue weighted by Gasteiger charge is 2.19. The molecule has 0 radical (unpaired) electrons. The predicted octanol–water partition coefficient (Wildman–Crippen LogP) is 12.2. The lowest BCUT2D eigenvalue weighted by Gasteiger charge is -2.09. The molecule has 0 aliphatic heterocycles. The molecule has 0 saturated heterocycles. The lowest BCUT2D eigenvalue weighted by molar-refractivity contribution is 0.673. The Bertz CT molecular complexity index is 3080. The van der Waals surface area contributed by atoms with Gasteiger partial charge in [-0.2, -0.15) is 0 Å². The molecule has 0 aliphatic carbocycles. The van der Waals surface area contributed by atoms with Gasteiger partial charge in [-0.25, -0.2) is 15.0 Å². The molecule has 6 heteroatoms. The van der Waals surface area contributed by atoms with E-state index in [1.807, 2.05) is 72.8 Å². The van der Waals surface area contributed by atoms with Crippen LogP contribution >= 0.6 is 11.3 Å². The molecular formula is C45H26N4OS. The average Bonchev–Trinajstić information content (AvgIpc) is 3.87. The first kappa shape index (κ1) is 28.2. The van der Waals surface area contributed by atoms with Crippen LogP contribution in [0.4, 0.5) is 0 Å². The van der Waals surface area contributed by atoms with Gasteiger partial charge < -0.3 is 8.98 Å². The van der Waals surface area contributed by atoms with E-state index in [1.54, 1.807) is 11.3 Å². The molecule has 4 heterocycles. The summed E-state index contributed by atoms with van der Waals surface area (Å²) in [5, 5.41) is 7.03. The zero-order chi connectivity index (χ0) is 33.5. The highest BCUT2D eigenvalue weighted by molar-refractivity contribution is 7.25. The molecule has 0 N–H and O–H groups in total. The maximum atomic E-state index is 6.53. The van der Waals surface area contributed by atoms with Gasteiger partial charge in [-0.1, -0.05) is 109 Å². The van der Waals surface area contributed by atoms with E-state index in [4.69, 9.17) is 19.4 Å². The molecule has 0 atom stereocenters. The van der Waals surface area contributed by atoms with Crippen molar-refractivity contribution in [2.75, 3.05) is 0 Å². The van der Waals surface area contributed by atoms with Crippen molar-refractivity contribution in [2.45, 2.75) is 0 Å². The van der Waals surface area contributed by atoms with Crippen molar-refractivity contribution in [3.8, 4) is 39.9 Å². The van der Waals surface area contributed by atoms with Crippen LogP contribution in [0.2, 0.25) is 0 Å². The topological polar surface area (TPSA) is 56.7 Å². The van der Waals surface area contributed by atoms with Crippen molar-refractivity contribution in [3.05, 3.63) is 158 Å². The molecule has 0 bridgehead atoms. The standard InChI is InChI=1S/C45H26N4OS/c1-3-11-27(12-4-1)43-46-44(28-13-5-2-6-14-28)48-45(47-43)29-19-21-32-35-26-30(20-24-39(35)51-40(32)25-29)49-36-17-9-7-16-34(36)41-37(49)23-22-33-31-15-8-10-18-38(31)50-42(33)41/h1-26H. The molecule has 11 rings (SSSR count). The first-order chi connectivity index (χ1) is 25.3. The summed E-state index contributed by atoms with van der Waals surface area (Å²) in [5.41, 5.74) is 8.12. The van der Waals surface area contributed by atoms with Gasteiger partial charge in [0.05, 0.1) is 16.4 Å². The average molecular weight is 671 g/mol. The Morgan fingerprint density at radius 2 is 1.08 bits per heavy atom. The summed E-state index contributed by atoms with van der Waals surface area (Å²) < 4.78 is 11.3. The van der Waals surface area contributed by atoms with Crippen LogP contribution in [0.3, 0.4) is 0 Å². The second kappa shape index (κ2) is 10.9. The fraction of sp³-hybridized carbons (Fsp3) is 0. The first-order valence-electron chi connectivity index (χ1n) is 16.9. The number of hydrogen-bond donors (Lipinski definition) is 0. The van der Waals surface area contributed by atoms with Crippen LogP contribution < -0.4 is 0 Å². The third-order valence-electron chi connectivity index (χ3n) is 9.85. The smallest absolute Gasteiger partial charge is 0.164 e. The van der Waals surface area contributed by atoms with E-state index in [2.05, 4.69) is 89.5 Å². The van der Waals surface area contributed by atoms with E-state index in [0.717, 1.165) is 60.7 Å². The highest BCUT2D eigenvalue weighted by atomic mass is 32.1. The van der Waals surface area contributed by atoms with E-state index in [-0.39, 0.29) is 0 Å². The van der Waals surface area contributed by atoms with Crippen molar-refractivity contribution in [1.82, 2.24) is 19.5 Å². The lowest BCUT2D eigenvalue weighted by atomic mass is 10.1. The molecule has 238 valence electrons. The van der Waals surface area contributed by atoms with Gasteiger partial charge in [0, 0.05) is 58.7 Å². The van der Waals surface area contributed by atoms with E-state index in [9.17, 15) is 0 Å². The van der Waals surface area contributed by atoms with Crippen LogP contribution in [0.25, 0.3) is 104 Å². The number of thiophene rings is 1. The van der Waals surface area contributed by atoms with Gasteiger partial charge >= 0.3 is 0 Å². The molecule has 0 aliphatic rings. The molecule has 51 heavy (non-hydrogen) atoms. The summed E-state index contributed by atoms with van der Waals surface area (Å²) in [6.07, 6.45) is 0. The largest absolute Gasteiger partial charge is 0.455 e. The van der Waals surface area contributed by atoms with E-state index < -0.39 is 0 Å². The lowest BCUT2D eigenvalue weighted by Crippen LogP contribution is -1.99. The summed E-state index contributed by atoms with van der Waals surface area (Å²) in [6.45, 7) is 0. The maximum absolute atomic E-state index is 6.53. The second-order valence-electron chi connectivity index (χ2n) is 12.8. The molecule has 0 fully saturated rings. The number of rotatable bonds is 4. The first-order valence-corrected chi connectivity index (χ1v) is 17.8. The van der Waals surface area contributed by atoms with Gasteiger partial charge in [0.1, 0.15) is 11.2 Å². The van der Waals surface area contributed by atoms with Crippen molar-refractivity contribution in [3.63, 3.8) is 0 Å². The molecule has 4 aromatic heterocycles. The van der Waals surface area contributed by atoms with Crippen LogP contribution in [0, 0.1) is 0 Å². The van der Waals surface area contributed by atoms with E-state index >= 15 is 0 Å². The third kappa shape index (κ3) is 4.37. The fourth-order valence-electron chi connectivity index (χ4n) is 7.49. The molecule has 11 aromatic rings. The second-order valence-corrected chi connectivity index (χ2v) is 13.9. The van der Waals surface area contributed by atoms with E-state index in [0.29, 0.717) is 17.5 Å². The maximum Gasteiger partial charge on any atom is 0.164 e. The molecule has 0 unspecified atom stereocenters. The molecule has 7 aromatic carbocycles. The summed E-state index contributed by atoms with van der Waals surface area (Å²) in [4.78, 5) is 14.8. The van der Waals surface area contributed by atoms with Crippen LogP contribution in [0.15, 0.2) is 162 Å². The van der Waals surface area contributed by atoms with E-state index in [1.165, 1.54) is 25.6 Å². The van der Waals surface area contributed by atoms with Gasteiger partial charge in [-0.05, 0) is 48.5 Å². The number of para-hydroxylation sites is 2. The van der Waals surface area contributed by atoms with Crippen molar-refractivity contribution in [1.29, 1.82) is 0 Å². The number of benzene rings is 7. The number of hydrogen-bond acceptors (Lipinski definition) is 5. The van der Waals surface area contributed by atoms with Gasteiger partial charge in [0.25, 0.3) is 0 Å². The molecular weight excluding hydrogens is 645 g/mol. The number of furan rings is 1. The van der Waals surface area contributed by atoms with Gasteiger partial charge in [0.15, 0.2) is 17.5 Å². The minimum absolute atomic E-state index is 0.657. The zero-order valence-corrected chi connectivity index (χ0v) is 27.9. The van der Waals surface area contributed by atoms with Crippen molar-refractivity contribution in [2.24, 2.45) is 0 Å².